The molecule has 0 saturated heterocycles. The van der Waals surface area contributed by atoms with Crippen molar-refractivity contribution < 1.29 is 9.53 Å². The summed E-state index contributed by atoms with van der Waals surface area (Å²) in [5, 5.41) is 0. The summed E-state index contributed by atoms with van der Waals surface area (Å²) in [7, 11) is 1.56. The second-order valence-electron chi connectivity index (χ2n) is 2.71. The van der Waals surface area contributed by atoms with E-state index in [2.05, 4.69) is 0 Å². The number of rotatable bonds is 3. The fourth-order valence-electron chi connectivity index (χ4n) is 1.10. The van der Waals surface area contributed by atoms with Gasteiger partial charge in [0, 0.05) is 18.4 Å². The Morgan fingerprint density at radius 1 is 1.54 bits per heavy atom. The van der Waals surface area contributed by atoms with Crippen LogP contribution in [0.2, 0.25) is 0 Å². The molecule has 4 heteroatoms. The highest BCUT2D eigenvalue weighted by molar-refractivity contribution is 5.95. The Morgan fingerprint density at radius 3 is 2.77 bits per heavy atom. The van der Waals surface area contributed by atoms with Gasteiger partial charge in [-0.2, -0.15) is 0 Å². The molecule has 4 N–H and O–H groups in total. The Hall–Kier alpha value is -1.55. The van der Waals surface area contributed by atoms with Crippen LogP contribution in [0, 0.1) is 0 Å². The zero-order chi connectivity index (χ0) is 9.84. The Kier molecular flexibility index (Phi) is 2.87. The van der Waals surface area contributed by atoms with Gasteiger partial charge in [0.05, 0.1) is 6.61 Å². The Balaban J connectivity index is 3.10. The largest absolute Gasteiger partial charge is 0.399 e. The highest BCUT2D eigenvalue weighted by Crippen LogP contribution is 2.13. The first kappa shape index (κ1) is 9.54. The summed E-state index contributed by atoms with van der Waals surface area (Å²) in [6.07, 6.45) is 0. The number of nitrogens with two attached hydrogens (primary N) is 2. The number of methoxy groups -OCH3 is 1. The van der Waals surface area contributed by atoms with Gasteiger partial charge in [-0.3, -0.25) is 4.79 Å². The van der Waals surface area contributed by atoms with Crippen molar-refractivity contribution in [2.45, 2.75) is 6.61 Å². The predicted octanol–water partition coefficient (Wildman–Crippen LogP) is 0.514. The Morgan fingerprint density at radius 2 is 2.23 bits per heavy atom. The molecule has 0 bridgehead atoms. The number of primary amides is 1. The second-order valence-corrected chi connectivity index (χ2v) is 2.71. The molecule has 1 rings (SSSR count). The first-order valence-electron chi connectivity index (χ1n) is 3.82. The summed E-state index contributed by atoms with van der Waals surface area (Å²) < 4.78 is 4.91. The molecule has 0 fully saturated rings. The molecule has 70 valence electrons. The number of hydrogen-bond donors (Lipinski definition) is 2. The van der Waals surface area contributed by atoms with Crippen molar-refractivity contribution >= 4 is 11.6 Å². The smallest absolute Gasteiger partial charge is 0.249 e. The van der Waals surface area contributed by atoms with Gasteiger partial charge in [0.1, 0.15) is 0 Å². The van der Waals surface area contributed by atoms with Gasteiger partial charge in [-0.05, 0) is 17.7 Å². The molecule has 0 aliphatic rings. The predicted molar refractivity (Wildman–Crippen MR) is 50.1 cm³/mol. The average molecular weight is 180 g/mol. The minimum atomic E-state index is -0.487. The second kappa shape index (κ2) is 3.91. The minimum Gasteiger partial charge on any atom is -0.399 e. The fraction of sp³-hybridized carbons (Fsp3) is 0.222. The fourth-order valence-corrected chi connectivity index (χ4v) is 1.10. The van der Waals surface area contributed by atoms with E-state index in [-0.39, 0.29) is 0 Å². The number of hydrogen-bond acceptors (Lipinski definition) is 3. The van der Waals surface area contributed by atoms with Gasteiger partial charge < -0.3 is 16.2 Å². The third-order valence-electron chi connectivity index (χ3n) is 1.70. The van der Waals surface area contributed by atoms with Crippen LogP contribution in [0.1, 0.15) is 15.9 Å². The lowest BCUT2D eigenvalue weighted by Crippen LogP contribution is -2.14. The van der Waals surface area contributed by atoms with Crippen molar-refractivity contribution in [1.29, 1.82) is 0 Å². The highest BCUT2D eigenvalue weighted by Gasteiger charge is 2.07. The van der Waals surface area contributed by atoms with E-state index < -0.39 is 5.91 Å². The molecule has 0 radical (unpaired) electrons. The van der Waals surface area contributed by atoms with Crippen LogP contribution in [0.4, 0.5) is 5.69 Å². The first-order chi connectivity index (χ1) is 6.15. The quantitative estimate of drug-likeness (QED) is 0.665. The lowest BCUT2D eigenvalue weighted by atomic mass is 10.1. The summed E-state index contributed by atoms with van der Waals surface area (Å²) in [5.74, 6) is -0.487. The molecular formula is C9H12N2O2. The van der Waals surface area contributed by atoms with E-state index in [9.17, 15) is 4.79 Å². The summed E-state index contributed by atoms with van der Waals surface area (Å²) in [4.78, 5) is 11.0. The van der Waals surface area contributed by atoms with Gasteiger partial charge in [-0.1, -0.05) is 6.07 Å². The van der Waals surface area contributed by atoms with Crippen LogP contribution in [0.15, 0.2) is 18.2 Å². The maximum atomic E-state index is 11.0. The number of carbonyl (C=O) groups excluding carboxylic acids is 1. The van der Waals surface area contributed by atoms with Crippen LogP contribution in [-0.4, -0.2) is 13.0 Å². The molecule has 0 atom stereocenters. The molecule has 4 nitrogen and oxygen atoms in total. The molecule has 1 amide bonds. The number of ether oxygens (including phenoxy) is 1. The number of anilines is 1. The molecular weight excluding hydrogens is 168 g/mol. The summed E-state index contributed by atoms with van der Waals surface area (Å²) in [6, 6.07) is 5.00. The number of benzene rings is 1. The van der Waals surface area contributed by atoms with Crippen LogP contribution < -0.4 is 11.5 Å². The zero-order valence-corrected chi connectivity index (χ0v) is 7.41. The van der Waals surface area contributed by atoms with Crippen molar-refractivity contribution in [3.8, 4) is 0 Å². The van der Waals surface area contributed by atoms with Crippen molar-refractivity contribution in [1.82, 2.24) is 0 Å². The molecule has 0 heterocycles. The van der Waals surface area contributed by atoms with Gasteiger partial charge in [0.15, 0.2) is 0 Å². The monoisotopic (exact) mass is 180 g/mol. The van der Waals surface area contributed by atoms with Gasteiger partial charge in [-0.15, -0.1) is 0 Å². The van der Waals surface area contributed by atoms with Crippen molar-refractivity contribution in [3.05, 3.63) is 29.3 Å². The van der Waals surface area contributed by atoms with E-state index in [1.54, 1.807) is 25.3 Å². The lowest BCUT2D eigenvalue weighted by Gasteiger charge is -2.05. The van der Waals surface area contributed by atoms with Crippen molar-refractivity contribution in [2.75, 3.05) is 12.8 Å². The standard InChI is InChI=1S/C9H12N2O2/c1-13-5-6-2-3-7(10)4-8(6)9(11)12/h2-4H,5,10H2,1H3,(H2,11,12). The molecule has 0 unspecified atom stereocenters. The van der Waals surface area contributed by atoms with E-state index in [0.717, 1.165) is 5.56 Å². The van der Waals surface area contributed by atoms with Crippen LogP contribution in [0.3, 0.4) is 0 Å². The van der Waals surface area contributed by atoms with Gasteiger partial charge in [0.25, 0.3) is 0 Å². The normalized spacial score (nSPS) is 9.92. The van der Waals surface area contributed by atoms with Crippen molar-refractivity contribution in [2.24, 2.45) is 5.73 Å². The molecule has 0 aliphatic heterocycles. The van der Waals surface area contributed by atoms with Crippen molar-refractivity contribution in [3.63, 3.8) is 0 Å². The lowest BCUT2D eigenvalue weighted by molar-refractivity contribution is 0.0995. The first-order valence-corrected chi connectivity index (χ1v) is 3.82. The molecule has 1 aromatic carbocycles. The molecule has 1 aromatic rings. The molecule has 0 aliphatic carbocycles. The van der Waals surface area contributed by atoms with Gasteiger partial charge in [-0.25, -0.2) is 0 Å². The van der Waals surface area contributed by atoms with Crippen LogP contribution in [0.25, 0.3) is 0 Å². The van der Waals surface area contributed by atoms with E-state index in [1.165, 1.54) is 0 Å². The van der Waals surface area contributed by atoms with Crippen LogP contribution in [-0.2, 0) is 11.3 Å². The van der Waals surface area contributed by atoms with E-state index in [4.69, 9.17) is 16.2 Å². The molecule has 0 spiro atoms. The highest BCUT2D eigenvalue weighted by atomic mass is 16.5. The maximum Gasteiger partial charge on any atom is 0.249 e. The SMILES string of the molecule is COCc1ccc(N)cc1C(N)=O. The van der Waals surface area contributed by atoms with E-state index in [0.29, 0.717) is 17.9 Å². The Labute approximate surface area is 76.5 Å². The third-order valence-corrected chi connectivity index (χ3v) is 1.70. The summed E-state index contributed by atoms with van der Waals surface area (Å²) in [5.41, 5.74) is 12.4. The molecule has 0 saturated carbocycles. The number of carbonyl (C=O) groups is 1. The van der Waals surface area contributed by atoms with Crippen LogP contribution in [0.5, 0.6) is 0 Å². The van der Waals surface area contributed by atoms with E-state index >= 15 is 0 Å². The van der Waals surface area contributed by atoms with E-state index in [1.807, 2.05) is 0 Å². The summed E-state index contributed by atoms with van der Waals surface area (Å²) in [6.45, 7) is 0.360. The minimum absolute atomic E-state index is 0.360. The van der Waals surface area contributed by atoms with Gasteiger partial charge >= 0.3 is 0 Å². The maximum absolute atomic E-state index is 11.0. The zero-order valence-electron chi connectivity index (χ0n) is 7.41. The Bertz CT molecular complexity index is 323. The summed E-state index contributed by atoms with van der Waals surface area (Å²) >= 11 is 0. The molecule has 0 aromatic heterocycles. The van der Waals surface area contributed by atoms with Crippen LogP contribution >= 0.6 is 0 Å². The van der Waals surface area contributed by atoms with Gasteiger partial charge in [0.2, 0.25) is 5.91 Å². The third kappa shape index (κ3) is 2.19. The topological polar surface area (TPSA) is 78.3 Å². The average Bonchev–Trinajstić information content (AvgIpc) is 2.08. The molecule has 13 heavy (non-hydrogen) atoms. The number of amides is 1. The number of nitrogen functional groups attached to an aromatic ring is 1.